The summed E-state index contributed by atoms with van der Waals surface area (Å²) in [5.41, 5.74) is 10.3. The van der Waals surface area contributed by atoms with Gasteiger partial charge in [-0.15, -0.1) is 0 Å². The maximum absolute atomic E-state index is 6.18. The number of halogens is 1. The highest BCUT2D eigenvalue weighted by atomic mass is 35.5. The summed E-state index contributed by atoms with van der Waals surface area (Å²) in [6.07, 6.45) is 7.94. The molecule has 2 spiro atoms. The zero-order valence-corrected chi connectivity index (χ0v) is 17.6. The van der Waals surface area contributed by atoms with Crippen LogP contribution in [0, 0.1) is 11.3 Å². The van der Waals surface area contributed by atoms with Gasteiger partial charge < -0.3 is 15.2 Å². The van der Waals surface area contributed by atoms with E-state index in [0.29, 0.717) is 29.7 Å². The van der Waals surface area contributed by atoms with Gasteiger partial charge in [0, 0.05) is 30.5 Å². The largest absolute Gasteiger partial charge is 0.462 e. The molecule has 152 valence electrons. The van der Waals surface area contributed by atoms with Crippen LogP contribution in [0.15, 0.2) is 41.7 Å². The van der Waals surface area contributed by atoms with Crippen LogP contribution in [0.3, 0.4) is 0 Å². The summed E-state index contributed by atoms with van der Waals surface area (Å²) in [5.74, 6) is 0.466. The fourth-order valence-corrected chi connectivity index (χ4v) is 6.12. The Kier molecular flexibility index (Phi) is 4.37. The highest BCUT2D eigenvalue weighted by Crippen LogP contribution is 2.62. The molecule has 0 bridgehead atoms. The van der Waals surface area contributed by atoms with Crippen molar-refractivity contribution in [3.05, 3.63) is 52.8 Å². The van der Waals surface area contributed by atoms with Gasteiger partial charge in [0.15, 0.2) is 0 Å². The van der Waals surface area contributed by atoms with Crippen LogP contribution in [-0.2, 0) is 21.4 Å². The number of ether oxygens (including phenoxy) is 2. The van der Waals surface area contributed by atoms with Crippen LogP contribution in [0.5, 0.6) is 0 Å². The number of fused-ring (bicyclic) bond motifs is 3. The first-order chi connectivity index (χ1) is 14.0. The summed E-state index contributed by atoms with van der Waals surface area (Å²) in [6.45, 7) is 2.80. The summed E-state index contributed by atoms with van der Waals surface area (Å²) in [7, 11) is 1.82. The lowest BCUT2D eigenvalue weighted by molar-refractivity contribution is -0.0445. The summed E-state index contributed by atoms with van der Waals surface area (Å²) in [4.78, 5) is 9.21. The molecule has 4 atom stereocenters. The molecule has 0 radical (unpaired) electrons. The van der Waals surface area contributed by atoms with Gasteiger partial charge in [0.05, 0.1) is 11.1 Å². The predicted octanol–water partition coefficient (Wildman–Crippen LogP) is 4.32. The minimum atomic E-state index is -0.429. The van der Waals surface area contributed by atoms with Crippen LogP contribution in [0.2, 0.25) is 5.02 Å². The Morgan fingerprint density at radius 3 is 2.79 bits per heavy atom. The molecule has 2 heterocycles. The molecule has 1 aromatic carbocycles. The van der Waals surface area contributed by atoms with Crippen molar-refractivity contribution in [2.75, 3.05) is 13.7 Å². The number of nitrogens with two attached hydrogens (primary N) is 1. The van der Waals surface area contributed by atoms with Crippen molar-refractivity contribution in [2.45, 2.75) is 44.2 Å². The van der Waals surface area contributed by atoms with Crippen molar-refractivity contribution in [1.82, 2.24) is 4.98 Å². The molecule has 29 heavy (non-hydrogen) atoms. The highest BCUT2D eigenvalue weighted by molar-refractivity contribution is 6.30. The third-order valence-electron chi connectivity index (χ3n) is 7.29. The molecular formula is C23H26ClN3O2. The van der Waals surface area contributed by atoms with Crippen LogP contribution in [0.4, 0.5) is 0 Å². The van der Waals surface area contributed by atoms with Crippen molar-refractivity contribution >= 4 is 17.6 Å². The number of aromatic nitrogens is 1. The van der Waals surface area contributed by atoms with E-state index in [1.165, 1.54) is 11.1 Å². The number of hydrogen-bond acceptors (Lipinski definition) is 5. The third-order valence-corrected chi connectivity index (χ3v) is 7.49. The normalized spacial score (nSPS) is 33.0. The van der Waals surface area contributed by atoms with Gasteiger partial charge in [-0.25, -0.2) is 4.99 Å². The van der Waals surface area contributed by atoms with Gasteiger partial charge in [0.1, 0.15) is 12.1 Å². The zero-order chi connectivity index (χ0) is 20.2. The highest BCUT2D eigenvalue weighted by Gasteiger charge is 2.62. The van der Waals surface area contributed by atoms with Crippen LogP contribution in [-0.4, -0.2) is 30.8 Å². The van der Waals surface area contributed by atoms with Crippen molar-refractivity contribution in [3.63, 3.8) is 0 Å². The maximum atomic E-state index is 6.18. The van der Waals surface area contributed by atoms with E-state index in [-0.39, 0.29) is 5.41 Å². The average molecular weight is 412 g/mol. The number of nitrogens with zero attached hydrogens (tertiary/aromatic N) is 2. The maximum Gasteiger partial charge on any atom is 0.283 e. The standard InChI is InChI=1S/C23H26ClN3O2/c1-14-9-22(6-5-20(14)28-2)10-16-4-3-15(17-7-18(24)12-26-11-17)8-19(16)23(22)13-29-21(25)27-23/h3-4,7-8,11-12,14,20H,5-6,9-10,13H2,1-2H3,(H2,25,27)/t14-,20-,22-,23-/m0/s1. The second kappa shape index (κ2) is 6.71. The molecule has 1 aliphatic heterocycles. The Balaban J connectivity index is 1.62. The van der Waals surface area contributed by atoms with Gasteiger partial charge in [0.25, 0.3) is 6.02 Å². The van der Waals surface area contributed by atoms with Crippen LogP contribution >= 0.6 is 11.6 Å². The fraction of sp³-hybridized carbons (Fsp3) is 0.478. The number of aliphatic imine (C=N–C) groups is 1. The topological polar surface area (TPSA) is 69.7 Å². The molecule has 3 aliphatic rings. The summed E-state index contributed by atoms with van der Waals surface area (Å²) in [6, 6.07) is 8.89. The third kappa shape index (κ3) is 2.78. The molecule has 5 nitrogen and oxygen atoms in total. The molecule has 1 fully saturated rings. The Morgan fingerprint density at radius 1 is 1.24 bits per heavy atom. The molecule has 0 amide bonds. The van der Waals surface area contributed by atoms with Gasteiger partial charge in [-0.3, -0.25) is 4.98 Å². The minimum Gasteiger partial charge on any atom is -0.462 e. The zero-order valence-electron chi connectivity index (χ0n) is 16.8. The van der Waals surface area contributed by atoms with Gasteiger partial charge in [-0.2, -0.15) is 0 Å². The Morgan fingerprint density at radius 2 is 2.10 bits per heavy atom. The van der Waals surface area contributed by atoms with Crippen molar-refractivity contribution in [3.8, 4) is 11.1 Å². The summed E-state index contributed by atoms with van der Waals surface area (Å²) >= 11 is 6.18. The van der Waals surface area contributed by atoms with E-state index in [9.17, 15) is 0 Å². The first kappa shape index (κ1) is 18.9. The predicted molar refractivity (Wildman–Crippen MR) is 114 cm³/mol. The monoisotopic (exact) mass is 411 g/mol. The SMILES string of the molecule is CO[C@H]1CC[C@@]2(Cc3ccc(-c4cncc(Cl)c4)cc3[C@@]23COC(N)=N3)C[C@@H]1C. The first-order valence-electron chi connectivity index (χ1n) is 10.2. The van der Waals surface area contributed by atoms with E-state index in [1.54, 1.807) is 6.20 Å². The summed E-state index contributed by atoms with van der Waals surface area (Å²) < 4.78 is 11.5. The molecule has 2 aromatic rings. The minimum absolute atomic E-state index is 0.0100. The van der Waals surface area contributed by atoms with Crippen LogP contribution in [0.1, 0.15) is 37.3 Å². The van der Waals surface area contributed by atoms with Crippen molar-refractivity contribution < 1.29 is 9.47 Å². The first-order valence-corrected chi connectivity index (χ1v) is 10.6. The van der Waals surface area contributed by atoms with Gasteiger partial charge in [-0.05, 0) is 60.4 Å². The van der Waals surface area contributed by atoms with E-state index in [4.69, 9.17) is 31.8 Å². The van der Waals surface area contributed by atoms with E-state index >= 15 is 0 Å². The van der Waals surface area contributed by atoms with Crippen molar-refractivity contribution in [1.29, 1.82) is 0 Å². The van der Waals surface area contributed by atoms with Crippen molar-refractivity contribution in [2.24, 2.45) is 22.1 Å². The second-order valence-electron chi connectivity index (χ2n) is 8.81. The number of methoxy groups -OCH3 is 1. The second-order valence-corrected chi connectivity index (χ2v) is 9.25. The van der Waals surface area contributed by atoms with Gasteiger partial charge in [0.2, 0.25) is 0 Å². The number of hydrogen-bond donors (Lipinski definition) is 1. The average Bonchev–Trinajstić information content (AvgIpc) is 3.21. The lowest BCUT2D eigenvalue weighted by atomic mass is 9.59. The number of benzene rings is 1. The van der Waals surface area contributed by atoms with E-state index in [0.717, 1.165) is 36.8 Å². The molecule has 2 aliphatic carbocycles. The number of rotatable bonds is 2. The molecule has 0 saturated heterocycles. The molecule has 6 heteroatoms. The fourth-order valence-electron chi connectivity index (χ4n) is 5.94. The smallest absolute Gasteiger partial charge is 0.283 e. The lowest BCUT2D eigenvalue weighted by Crippen LogP contribution is -2.48. The number of amidine groups is 1. The van der Waals surface area contributed by atoms with Crippen LogP contribution < -0.4 is 5.73 Å². The molecule has 1 aromatic heterocycles. The van der Waals surface area contributed by atoms with E-state index in [2.05, 4.69) is 30.1 Å². The van der Waals surface area contributed by atoms with Gasteiger partial charge >= 0.3 is 0 Å². The molecular weight excluding hydrogens is 386 g/mol. The molecule has 2 N–H and O–H groups in total. The summed E-state index contributed by atoms with van der Waals surface area (Å²) in [5, 5.41) is 0.632. The quantitative estimate of drug-likeness (QED) is 0.798. The van der Waals surface area contributed by atoms with E-state index < -0.39 is 5.54 Å². The molecule has 0 unspecified atom stereocenters. The Bertz CT molecular complexity index is 994. The molecule has 1 saturated carbocycles. The van der Waals surface area contributed by atoms with E-state index in [1.807, 2.05) is 19.4 Å². The van der Waals surface area contributed by atoms with Crippen LogP contribution in [0.25, 0.3) is 11.1 Å². The van der Waals surface area contributed by atoms with Gasteiger partial charge in [-0.1, -0.05) is 30.7 Å². The number of pyridine rings is 1. The Hall–Kier alpha value is -2.11. The Labute approximate surface area is 176 Å². The lowest BCUT2D eigenvalue weighted by Gasteiger charge is -2.47. The molecule has 5 rings (SSSR count).